The molecule has 6 heteroatoms. The summed E-state index contributed by atoms with van der Waals surface area (Å²) in [4.78, 5) is 27.9. The van der Waals surface area contributed by atoms with Crippen LogP contribution in [0.2, 0.25) is 0 Å². The molecule has 2 aromatic carbocycles. The zero-order valence-corrected chi connectivity index (χ0v) is 15.4. The molecule has 0 radical (unpaired) electrons. The third kappa shape index (κ3) is 5.23. The molecule has 0 spiro atoms. The summed E-state index contributed by atoms with van der Waals surface area (Å²) in [6.07, 6.45) is -0.716. The molecule has 1 atom stereocenters. The molecule has 1 heterocycles. The lowest BCUT2D eigenvalue weighted by Crippen LogP contribution is -2.55. The van der Waals surface area contributed by atoms with Crippen LogP contribution < -0.4 is 0 Å². The van der Waals surface area contributed by atoms with Gasteiger partial charge in [-0.2, -0.15) is 0 Å². The van der Waals surface area contributed by atoms with Crippen molar-refractivity contribution in [3.8, 4) is 0 Å². The summed E-state index contributed by atoms with van der Waals surface area (Å²) in [6, 6.07) is 19.0. The minimum Gasteiger partial charge on any atom is -0.445 e. The second kappa shape index (κ2) is 9.07. The third-order valence-corrected chi connectivity index (χ3v) is 4.53. The minimum atomic E-state index is -0.358. The fourth-order valence-corrected chi connectivity index (χ4v) is 3.01. The molecule has 6 nitrogen and oxygen atoms in total. The van der Waals surface area contributed by atoms with Crippen molar-refractivity contribution in [1.82, 2.24) is 9.80 Å². The summed E-state index contributed by atoms with van der Waals surface area (Å²) in [5, 5.41) is 0. The summed E-state index contributed by atoms with van der Waals surface area (Å²) in [6.45, 7) is 3.67. The number of amides is 2. The van der Waals surface area contributed by atoms with Gasteiger partial charge in [0.15, 0.2) is 0 Å². The van der Waals surface area contributed by atoms with Gasteiger partial charge in [0.2, 0.25) is 0 Å². The van der Waals surface area contributed by atoms with E-state index < -0.39 is 0 Å². The quantitative estimate of drug-likeness (QED) is 0.826. The molecule has 0 saturated carbocycles. The van der Waals surface area contributed by atoms with Crippen LogP contribution in [0.1, 0.15) is 18.1 Å². The van der Waals surface area contributed by atoms with Gasteiger partial charge in [0, 0.05) is 19.6 Å². The molecule has 1 saturated heterocycles. The van der Waals surface area contributed by atoms with Gasteiger partial charge in [-0.1, -0.05) is 60.7 Å². The Morgan fingerprint density at radius 3 is 1.89 bits per heavy atom. The third-order valence-electron chi connectivity index (χ3n) is 4.53. The van der Waals surface area contributed by atoms with Crippen molar-refractivity contribution in [2.75, 3.05) is 19.6 Å². The Morgan fingerprint density at radius 1 is 0.852 bits per heavy atom. The Bertz CT molecular complexity index is 751. The van der Waals surface area contributed by atoms with Gasteiger partial charge in [-0.3, -0.25) is 0 Å². The first-order valence-corrected chi connectivity index (χ1v) is 9.06. The molecule has 3 rings (SSSR count). The largest absolute Gasteiger partial charge is 0.445 e. The lowest BCUT2D eigenvalue weighted by Gasteiger charge is -2.38. The molecule has 27 heavy (non-hydrogen) atoms. The SMILES string of the molecule is C[C@@H]1CN(C(=O)OCc2ccccc2)CCN1C(=O)OCc1ccccc1. The molecular formula is C21H24N2O4. The first kappa shape index (κ1) is 18.8. The van der Waals surface area contributed by atoms with Crippen LogP contribution >= 0.6 is 0 Å². The molecule has 1 fully saturated rings. The van der Waals surface area contributed by atoms with E-state index in [1.54, 1.807) is 9.80 Å². The molecular weight excluding hydrogens is 344 g/mol. The highest BCUT2D eigenvalue weighted by Crippen LogP contribution is 2.14. The summed E-state index contributed by atoms with van der Waals surface area (Å²) >= 11 is 0. The van der Waals surface area contributed by atoms with E-state index in [-0.39, 0.29) is 31.4 Å². The van der Waals surface area contributed by atoms with E-state index in [0.29, 0.717) is 19.6 Å². The maximum Gasteiger partial charge on any atom is 0.410 e. The normalized spacial score (nSPS) is 16.7. The van der Waals surface area contributed by atoms with Crippen molar-refractivity contribution in [1.29, 1.82) is 0 Å². The highest BCUT2D eigenvalue weighted by molar-refractivity contribution is 5.70. The van der Waals surface area contributed by atoms with Crippen molar-refractivity contribution in [3.05, 3.63) is 71.8 Å². The molecule has 0 aromatic heterocycles. The molecule has 0 N–H and O–H groups in total. The van der Waals surface area contributed by atoms with Crippen molar-refractivity contribution >= 4 is 12.2 Å². The Kier molecular flexibility index (Phi) is 6.30. The van der Waals surface area contributed by atoms with Gasteiger partial charge in [0.05, 0.1) is 6.04 Å². The molecule has 1 aliphatic heterocycles. The molecule has 1 aliphatic rings. The molecule has 0 unspecified atom stereocenters. The zero-order chi connectivity index (χ0) is 19.1. The van der Waals surface area contributed by atoms with Gasteiger partial charge in [-0.25, -0.2) is 9.59 Å². The number of benzene rings is 2. The second-order valence-electron chi connectivity index (χ2n) is 6.57. The number of nitrogens with zero attached hydrogens (tertiary/aromatic N) is 2. The Labute approximate surface area is 159 Å². The van der Waals surface area contributed by atoms with Gasteiger partial charge in [-0.15, -0.1) is 0 Å². The number of rotatable bonds is 4. The van der Waals surface area contributed by atoms with Crippen LogP contribution in [0.5, 0.6) is 0 Å². The first-order valence-electron chi connectivity index (χ1n) is 9.06. The Balaban J connectivity index is 1.45. The number of hydrogen-bond donors (Lipinski definition) is 0. The second-order valence-corrected chi connectivity index (χ2v) is 6.57. The number of piperazine rings is 1. The average molecular weight is 368 g/mol. The lowest BCUT2D eigenvalue weighted by atomic mass is 10.2. The fraction of sp³-hybridized carbons (Fsp3) is 0.333. The predicted octanol–water partition coefficient (Wildman–Crippen LogP) is 3.67. The lowest BCUT2D eigenvalue weighted by molar-refractivity contribution is 0.0366. The number of ether oxygens (including phenoxy) is 2. The van der Waals surface area contributed by atoms with E-state index >= 15 is 0 Å². The van der Waals surface area contributed by atoms with Gasteiger partial charge in [0.1, 0.15) is 13.2 Å². The summed E-state index contributed by atoms with van der Waals surface area (Å²) in [5.41, 5.74) is 1.89. The summed E-state index contributed by atoms with van der Waals surface area (Å²) < 4.78 is 10.8. The van der Waals surface area contributed by atoms with E-state index in [4.69, 9.17) is 9.47 Å². The van der Waals surface area contributed by atoms with Crippen molar-refractivity contribution in [2.45, 2.75) is 26.2 Å². The zero-order valence-electron chi connectivity index (χ0n) is 15.4. The van der Waals surface area contributed by atoms with Crippen LogP contribution in [0.4, 0.5) is 9.59 Å². The maximum atomic E-state index is 12.3. The monoisotopic (exact) mass is 368 g/mol. The highest BCUT2D eigenvalue weighted by Gasteiger charge is 2.31. The average Bonchev–Trinajstić information content (AvgIpc) is 2.71. The van der Waals surface area contributed by atoms with Crippen LogP contribution in [0.15, 0.2) is 60.7 Å². The summed E-state index contributed by atoms with van der Waals surface area (Å²) in [5.74, 6) is 0. The van der Waals surface area contributed by atoms with Crippen molar-refractivity contribution < 1.29 is 19.1 Å². The highest BCUT2D eigenvalue weighted by atomic mass is 16.6. The van der Waals surface area contributed by atoms with E-state index in [9.17, 15) is 9.59 Å². The molecule has 2 amide bonds. The number of hydrogen-bond acceptors (Lipinski definition) is 4. The fourth-order valence-electron chi connectivity index (χ4n) is 3.01. The number of carbonyl (C=O) groups is 2. The van der Waals surface area contributed by atoms with Crippen molar-refractivity contribution in [3.63, 3.8) is 0 Å². The maximum absolute atomic E-state index is 12.3. The Morgan fingerprint density at radius 2 is 1.37 bits per heavy atom. The van der Waals surface area contributed by atoms with E-state index in [1.807, 2.05) is 67.6 Å². The van der Waals surface area contributed by atoms with Crippen molar-refractivity contribution in [2.24, 2.45) is 0 Å². The minimum absolute atomic E-state index is 0.133. The van der Waals surface area contributed by atoms with Crippen LogP contribution in [0.25, 0.3) is 0 Å². The van der Waals surface area contributed by atoms with Gasteiger partial charge in [-0.05, 0) is 18.1 Å². The van der Waals surface area contributed by atoms with E-state index in [2.05, 4.69) is 0 Å². The van der Waals surface area contributed by atoms with Crippen LogP contribution in [-0.4, -0.2) is 47.7 Å². The van der Waals surface area contributed by atoms with E-state index in [1.165, 1.54) is 0 Å². The van der Waals surface area contributed by atoms with Crippen LogP contribution in [0.3, 0.4) is 0 Å². The molecule has 0 bridgehead atoms. The molecule has 0 aliphatic carbocycles. The van der Waals surface area contributed by atoms with Gasteiger partial charge >= 0.3 is 12.2 Å². The smallest absolute Gasteiger partial charge is 0.410 e. The predicted molar refractivity (Wildman–Crippen MR) is 101 cm³/mol. The topological polar surface area (TPSA) is 59.1 Å². The molecule has 142 valence electrons. The summed E-state index contributed by atoms with van der Waals surface area (Å²) in [7, 11) is 0. The van der Waals surface area contributed by atoms with E-state index in [0.717, 1.165) is 11.1 Å². The van der Waals surface area contributed by atoms with Gasteiger partial charge < -0.3 is 19.3 Å². The standard InChI is InChI=1S/C21H24N2O4/c1-17-14-22(20(24)26-15-18-8-4-2-5-9-18)12-13-23(17)21(25)27-16-19-10-6-3-7-11-19/h2-11,17H,12-16H2,1H3/t17-/m1/s1. The van der Waals surface area contributed by atoms with Crippen LogP contribution in [0, 0.1) is 0 Å². The number of carbonyl (C=O) groups excluding carboxylic acids is 2. The van der Waals surface area contributed by atoms with Crippen LogP contribution in [-0.2, 0) is 22.7 Å². The first-order chi connectivity index (χ1) is 13.1. The Hall–Kier alpha value is -3.02. The molecule has 2 aromatic rings. The van der Waals surface area contributed by atoms with Gasteiger partial charge in [0.25, 0.3) is 0 Å².